The van der Waals surface area contributed by atoms with Crippen molar-refractivity contribution in [3.05, 3.63) is 40.0 Å². The molecule has 1 N–H and O–H groups in total. The highest BCUT2D eigenvalue weighted by molar-refractivity contribution is 9.10. The number of carboxylic acid groups (broad SMARTS) is 1. The first-order valence-electron chi connectivity index (χ1n) is 6.07. The maximum atomic E-state index is 11.0. The highest BCUT2D eigenvalue weighted by Crippen LogP contribution is 2.27. The maximum absolute atomic E-state index is 11.0. The second kappa shape index (κ2) is 6.90. The first-order chi connectivity index (χ1) is 9.60. The van der Waals surface area contributed by atoms with Gasteiger partial charge in [0.1, 0.15) is 0 Å². The number of carbonyl (C=O) groups is 1. The minimum atomic E-state index is -0.956. The van der Waals surface area contributed by atoms with Gasteiger partial charge in [-0.25, -0.2) is 4.79 Å². The van der Waals surface area contributed by atoms with Gasteiger partial charge in [-0.3, -0.25) is 0 Å². The average molecular weight is 357 g/mol. The van der Waals surface area contributed by atoms with Crippen molar-refractivity contribution < 1.29 is 14.4 Å². The zero-order valence-corrected chi connectivity index (χ0v) is 13.2. The molecule has 0 unspecified atom stereocenters. The van der Waals surface area contributed by atoms with Gasteiger partial charge in [0.05, 0.1) is 11.3 Å². The fourth-order valence-corrected chi connectivity index (χ4v) is 2.77. The molecule has 0 amide bonds. The minimum absolute atomic E-state index is 0.243. The molecular formula is C13H13BrN2O3S. The van der Waals surface area contributed by atoms with Crippen molar-refractivity contribution in [1.82, 2.24) is 10.1 Å². The van der Waals surface area contributed by atoms with Crippen molar-refractivity contribution in [3.8, 4) is 0 Å². The molecule has 1 aromatic heterocycles. The van der Waals surface area contributed by atoms with Crippen molar-refractivity contribution >= 4 is 33.7 Å². The number of halogens is 1. The Labute approximate surface area is 128 Å². The van der Waals surface area contributed by atoms with Crippen molar-refractivity contribution in [2.75, 3.05) is 0 Å². The van der Waals surface area contributed by atoms with Gasteiger partial charge in [0.25, 0.3) is 0 Å². The zero-order valence-electron chi connectivity index (χ0n) is 10.8. The molecule has 2 aromatic rings. The Morgan fingerprint density at radius 3 is 3.00 bits per heavy atom. The second-order valence-corrected chi connectivity index (χ2v) is 5.99. The lowest BCUT2D eigenvalue weighted by molar-refractivity contribution is 0.0695. The van der Waals surface area contributed by atoms with Crippen molar-refractivity contribution in [2.24, 2.45) is 0 Å². The minimum Gasteiger partial charge on any atom is -0.478 e. The van der Waals surface area contributed by atoms with Crippen LogP contribution in [0.25, 0.3) is 0 Å². The number of aromatic nitrogens is 2. The fraction of sp³-hybridized carbons (Fsp3) is 0.308. The van der Waals surface area contributed by atoms with Crippen LogP contribution >= 0.6 is 27.7 Å². The lowest BCUT2D eigenvalue weighted by atomic mass is 10.2. The van der Waals surface area contributed by atoms with Crippen LogP contribution < -0.4 is 0 Å². The molecule has 0 saturated heterocycles. The molecule has 0 aliphatic rings. The number of carboxylic acids is 1. The molecule has 0 radical (unpaired) electrons. The van der Waals surface area contributed by atoms with Crippen LogP contribution in [-0.4, -0.2) is 21.2 Å². The van der Waals surface area contributed by atoms with Crippen LogP contribution in [0.2, 0.25) is 0 Å². The molecule has 0 aliphatic heterocycles. The Morgan fingerprint density at radius 1 is 1.50 bits per heavy atom. The molecule has 0 aliphatic carbocycles. The Hall–Kier alpha value is -1.34. The van der Waals surface area contributed by atoms with Gasteiger partial charge in [-0.05, 0) is 40.5 Å². The largest absolute Gasteiger partial charge is 0.478 e. The Balaban J connectivity index is 2.03. The van der Waals surface area contributed by atoms with Crippen molar-refractivity contribution in [3.63, 3.8) is 0 Å². The van der Waals surface area contributed by atoms with Gasteiger partial charge in [0.2, 0.25) is 5.89 Å². The van der Waals surface area contributed by atoms with Crippen LogP contribution in [-0.2, 0) is 12.2 Å². The van der Waals surface area contributed by atoms with Gasteiger partial charge in [0, 0.05) is 15.8 Å². The van der Waals surface area contributed by atoms with E-state index in [4.69, 9.17) is 9.63 Å². The number of nitrogens with zero attached hydrogens (tertiary/aromatic N) is 2. The summed E-state index contributed by atoms with van der Waals surface area (Å²) in [6.07, 6.45) is 1.77. The van der Waals surface area contributed by atoms with E-state index in [1.807, 2.05) is 6.07 Å². The Morgan fingerprint density at radius 2 is 2.30 bits per heavy atom. The van der Waals surface area contributed by atoms with Crippen LogP contribution in [0.3, 0.4) is 0 Å². The molecule has 106 valence electrons. The van der Waals surface area contributed by atoms with E-state index in [1.165, 1.54) is 11.8 Å². The Bertz CT molecular complexity index is 615. The molecular weight excluding hydrogens is 344 g/mol. The normalized spacial score (nSPS) is 10.7. The van der Waals surface area contributed by atoms with E-state index >= 15 is 0 Å². The monoisotopic (exact) mass is 356 g/mol. The van der Waals surface area contributed by atoms with Crippen molar-refractivity contribution in [1.29, 1.82) is 0 Å². The summed E-state index contributed by atoms with van der Waals surface area (Å²) < 4.78 is 5.70. The number of aromatic carboxylic acids is 1. The molecule has 0 spiro atoms. The molecule has 2 rings (SSSR count). The number of rotatable bonds is 6. The third kappa shape index (κ3) is 3.83. The van der Waals surface area contributed by atoms with Crippen LogP contribution in [0.4, 0.5) is 0 Å². The zero-order chi connectivity index (χ0) is 14.5. The van der Waals surface area contributed by atoms with E-state index in [1.54, 1.807) is 12.1 Å². The number of aryl methyl sites for hydroxylation is 1. The summed E-state index contributed by atoms with van der Waals surface area (Å²) in [7, 11) is 0. The van der Waals surface area contributed by atoms with Gasteiger partial charge >= 0.3 is 5.97 Å². The molecule has 7 heteroatoms. The maximum Gasteiger partial charge on any atom is 0.336 e. The lowest BCUT2D eigenvalue weighted by Crippen LogP contribution is -1.97. The second-order valence-electron chi connectivity index (χ2n) is 4.09. The summed E-state index contributed by atoms with van der Waals surface area (Å²) in [5.74, 6) is 0.836. The summed E-state index contributed by atoms with van der Waals surface area (Å²) in [6, 6.07) is 5.20. The number of benzene rings is 1. The molecule has 1 aromatic carbocycles. The predicted molar refractivity (Wildman–Crippen MR) is 79.0 cm³/mol. The van der Waals surface area contributed by atoms with Crippen LogP contribution in [0, 0.1) is 0 Å². The van der Waals surface area contributed by atoms with E-state index in [-0.39, 0.29) is 5.56 Å². The van der Waals surface area contributed by atoms with Gasteiger partial charge in [0.15, 0.2) is 5.82 Å². The lowest BCUT2D eigenvalue weighted by Gasteiger charge is -2.02. The van der Waals surface area contributed by atoms with Crippen LogP contribution in [0.5, 0.6) is 0 Å². The molecule has 0 saturated carbocycles. The van der Waals surface area contributed by atoms with Gasteiger partial charge in [-0.2, -0.15) is 4.98 Å². The third-order valence-electron chi connectivity index (χ3n) is 2.51. The predicted octanol–water partition coefficient (Wildman–Crippen LogP) is 3.78. The summed E-state index contributed by atoms with van der Waals surface area (Å²) in [5, 5.41) is 12.9. The average Bonchev–Trinajstić information content (AvgIpc) is 2.86. The highest BCUT2D eigenvalue weighted by atomic mass is 79.9. The molecule has 1 heterocycles. The van der Waals surface area contributed by atoms with Gasteiger partial charge < -0.3 is 9.63 Å². The summed E-state index contributed by atoms with van der Waals surface area (Å²) in [4.78, 5) is 16.2. The number of thioether (sulfide) groups is 1. The third-order valence-corrected chi connectivity index (χ3v) is 4.18. The first kappa shape index (κ1) is 15.1. The highest BCUT2D eigenvalue weighted by Gasteiger charge is 2.11. The summed E-state index contributed by atoms with van der Waals surface area (Å²) in [5.41, 5.74) is 0.243. The standard InChI is InChI=1S/C13H13BrN2O3S/c1-2-3-11-15-12(19-16-11)7-20-8-4-5-10(14)9(6-8)13(17)18/h4-6H,2-3,7H2,1H3,(H,17,18). The molecule has 5 nitrogen and oxygen atoms in total. The van der Waals surface area contributed by atoms with E-state index in [0.717, 1.165) is 17.7 Å². The van der Waals surface area contributed by atoms with Crippen LogP contribution in [0.1, 0.15) is 35.4 Å². The van der Waals surface area contributed by atoms with E-state index < -0.39 is 5.97 Å². The Kier molecular flexibility index (Phi) is 5.19. The molecule has 20 heavy (non-hydrogen) atoms. The summed E-state index contributed by atoms with van der Waals surface area (Å²) >= 11 is 4.68. The van der Waals surface area contributed by atoms with E-state index in [9.17, 15) is 4.79 Å². The number of hydrogen-bond acceptors (Lipinski definition) is 5. The fourth-order valence-electron chi connectivity index (χ4n) is 1.58. The quantitative estimate of drug-likeness (QED) is 0.793. The van der Waals surface area contributed by atoms with Gasteiger partial charge in [-0.1, -0.05) is 12.1 Å². The first-order valence-corrected chi connectivity index (χ1v) is 7.85. The number of hydrogen-bond donors (Lipinski definition) is 1. The molecule has 0 bridgehead atoms. The smallest absolute Gasteiger partial charge is 0.336 e. The molecule has 0 fully saturated rings. The SMILES string of the molecule is CCCc1noc(CSc2ccc(Br)c(C(=O)O)c2)n1. The topological polar surface area (TPSA) is 76.2 Å². The van der Waals surface area contributed by atoms with Crippen LogP contribution in [0.15, 0.2) is 32.1 Å². The molecule has 0 atom stereocenters. The van der Waals surface area contributed by atoms with Crippen molar-refractivity contribution in [2.45, 2.75) is 30.4 Å². The van der Waals surface area contributed by atoms with Gasteiger partial charge in [-0.15, -0.1) is 11.8 Å². The van der Waals surface area contributed by atoms with E-state index in [0.29, 0.717) is 21.9 Å². The summed E-state index contributed by atoms with van der Waals surface area (Å²) in [6.45, 7) is 2.06. The van der Waals surface area contributed by atoms with E-state index in [2.05, 4.69) is 33.0 Å².